The van der Waals surface area contributed by atoms with Gasteiger partial charge in [0, 0.05) is 21.9 Å². The summed E-state index contributed by atoms with van der Waals surface area (Å²) in [4.78, 5) is 18.4. The van der Waals surface area contributed by atoms with Crippen LogP contribution in [0.4, 0.5) is 0 Å². The summed E-state index contributed by atoms with van der Waals surface area (Å²) < 4.78 is 1.90. The van der Waals surface area contributed by atoms with E-state index in [4.69, 9.17) is 0 Å². The topological polar surface area (TPSA) is 34.9 Å². The summed E-state index contributed by atoms with van der Waals surface area (Å²) in [7, 11) is 0. The first kappa shape index (κ1) is 17.6. The van der Waals surface area contributed by atoms with Crippen LogP contribution in [0.5, 0.6) is 0 Å². The number of thiophene rings is 1. The van der Waals surface area contributed by atoms with E-state index in [-0.39, 0.29) is 5.69 Å². The number of aryl methyl sites for hydroxylation is 1. The van der Waals surface area contributed by atoms with E-state index in [1.165, 1.54) is 33.7 Å². The molecule has 0 N–H and O–H groups in total. The molecule has 3 nitrogen and oxygen atoms in total. The molecule has 0 spiro atoms. The maximum absolute atomic E-state index is 12.7. The molecule has 0 saturated carbocycles. The van der Waals surface area contributed by atoms with Crippen LogP contribution in [0.3, 0.4) is 0 Å². The number of rotatable bonds is 5. The molecular weight excluding hydrogens is 360 g/mol. The van der Waals surface area contributed by atoms with Crippen LogP contribution in [-0.2, 0) is 25.1 Å². The zero-order valence-electron chi connectivity index (χ0n) is 14.9. The minimum absolute atomic E-state index is 0.106. The molecular formula is C21H22N2OS2. The lowest BCUT2D eigenvalue weighted by Gasteiger charge is -2.22. The number of hydrogen-bond acceptors (Lipinski definition) is 4. The molecule has 0 atom stereocenters. The standard InChI is InChI=1S/C21H22N2OS2/c1-15-6-4-7-16(12-15)14-26-20-18-9-2-3-10-19(18)23(21(24)22-20)13-17-8-5-11-25-17/h4-8,11-12H,2-3,9-10,13-14H2,1H3. The number of thioether (sulfide) groups is 1. The van der Waals surface area contributed by atoms with Crippen LogP contribution in [0.1, 0.15) is 40.1 Å². The monoisotopic (exact) mass is 382 g/mol. The van der Waals surface area contributed by atoms with Crippen LogP contribution in [0.15, 0.2) is 51.6 Å². The Morgan fingerprint density at radius 3 is 2.88 bits per heavy atom. The smallest absolute Gasteiger partial charge is 0.291 e. The lowest BCUT2D eigenvalue weighted by molar-refractivity contribution is 0.571. The third-order valence-electron chi connectivity index (χ3n) is 4.80. The Morgan fingerprint density at radius 2 is 2.08 bits per heavy atom. The molecule has 0 saturated heterocycles. The van der Waals surface area contributed by atoms with E-state index in [0.717, 1.165) is 30.0 Å². The molecule has 4 rings (SSSR count). The number of aromatic nitrogens is 2. The van der Waals surface area contributed by atoms with Gasteiger partial charge in [-0.15, -0.1) is 23.1 Å². The summed E-state index contributed by atoms with van der Waals surface area (Å²) in [5.41, 5.74) is 4.95. The molecule has 0 aliphatic heterocycles. The Labute approximate surface area is 162 Å². The van der Waals surface area contributed by atoms with Gasteiger partial charge in [-0.05, 0) is 49.6 Å². The fourth-order valence-corrected chi connectivity index (χ4v) is 5.25. The summed E-state index contributed by atoms with van der Waals surface area (Å²) in [6.45, 7) is 2.76. The molecule has 0 unspecified atom stereocenters. The minimum atomic E-state index is -0.106. The van der Waals surface area contributed by atoms with Crippen molar-refractivity contribution in [3.63, 3.8) is 0 Å². The van der Waals surface area contributed by atoms with E-state index in [0.29, 0.717) is 6.54 Å². The average molecular weight is 383 g/mol. The first-order chi connectivity index (χ1) is 12.7. The second-order valence-electron chi connectivity index (χ2n) is 6.78. The number of nitrogens with zero attached hydrogens (tertiary/aromatic N) is 2. The van der Waals surface area contributed by atoms with Crippen molar-refractivity contribution in [3.8, 4) is 0 Å². The summed E-state index contributed by atoms with van der Waals surface area (Å²) in [6, 6.07) is 12.7. The fraction of sp³-hybridized carbons (Fsp3) is 0.333. The predicted molar refractivity (Wildman–Crippen MR) is 109 cm³/mol. The zero-order chi connectivity index (χ0) is 17.9. The van der Waals surface area contributed by atoms with Crippen molar-refractivity contribution in [2.45, 2.75) is 49.9 Å². The van der Waals surface area contributed by atoms with Crippen LogP contribution in [0, 0.1) is 6.92 Å². The van der Waals surface area contributed by atoms with E-state index in [1.807, 2.05) is 10.6 Å². The summed E-state index contributed by atoms with van der Waals surface area (Å²) in [5.74, 6) is 0.857. The summed E-state index contributed by atoms with van der Waals surface area (Å²) >= 11 is 3.40. The molecule has 0 radical (unpaired) electrons. The van der Waals surface area contributed by atoms with Crippen LogP contribution in [0.25, 0.3) is 0 Å². The van der Waals surface area contributed by atoms with Crippen molar-refractivity contribution in [3.05, 3.63) is 79.5 Å². The molecule has 1 aliphatic rings. The number of benzene rings is 1. The van der Waals surface area contributed by atoms with Crippen LogP contribution in [0.2, 0.25) is 0 Å². The molecule has 2 heterocycles. The molecule has 1 aromatic carbocycles. The largest absolute Gasteiger partial charge is 0.349 e. The van der Waals surface area contributed by atoms with Gasteiger partial charge < -0.3 is 0 Å². The van der Waals surface area contributed by atoms with Gasteiger partial charge in [-0.25, -0.2) is 4.79 Å². The lowest BCUT2D eigenvalue weighted by atomic mass is 9.97. The first-order valence-corrected chi connectivity index (χ1v) is 10.9. The second kappa shape index (κ2) is 7.80. The SMILES string of the molecule is Cc1cccc(CSc2nc(=O)n(Cc3cccs3)c3c2CCCC3)c1. The van der Waals surface area contributed by atoms with E-state index in [1.54, 1.807) is 23.1 Å². The maximum Gasteiger partial charge on any atom is 0.349 e. The number of hydrogen-bond donors (Lipinski definition) is 0. The Balaban J connectivity index is 1.65. The van der Waals surface area contributed by atoms with Gasteiger partial charge in [-0.3, -0.25) is 4.57 Å². The van der Waals surface area contributed by atoms with Crippen molar-refractivity contribution in [2.75, 3.05) is 0 Å². The van der Waals surface area contributed by atoms with Gasteiger partial charge in [-0.1, -0.05) is 35.9 Å². The third kappa shape index (κ3) is 3.79. The zero-order valence-corrected chi connectivity index (χ0v) is 16.5. The van der Waals surface area contributed by atoms with Gasteiger partial charge in [0.05, 0.1) is 6.54 Å². The quantitative estimate of drug-likeness (QED) is 0.468. The second-order valence-corrected chi connectivity index (χ2v) is 8.77. The van der Waals surface area contributed by atoms with Crippen molar-refractivity contribution < 1.29 is 0 Å². The average Bonchev–Trinajstić information content (AvgIpc) is 3.16. The van der Waals surface area contributed by atoms with Gasteiger partial charge in [-0.2, -0.15) is 4.98 Å². The lowest BCUT2D eigenvalue weighted by Crippen LogP contribution is -2.30. The van der Waals surface area contributed by atoms with Gasteiger partial charge in [0.25, 0.3) is 0 Å². The van der Waals surface area contributed by atoms with E-state index in [9.17, 15) is 4.79 Å². The summed E-state index contributed by atoms with van der Waals surface area (Å²) in [6.07, 6.45) is 4.35. The van der Waals surface area contributed by atoms with Crippen molar-refractivity contribution in [2.24, 2.45) is 0 Å². The molecule has 5 heteroatoms. The normalized spacial score (nSPS) is 13.6. The Kier molecular flexibility index (Phi) is 5.27. The maximum atomic E-state index is 12.7. The predicted octanol–water partition coefficient (Wildman–Crippen LogP) is 4.83. The Hall–Kier alpha value is -1.85. The van der Waals surface area contributed by atoms with Crippen LogP contribution < -0.4 is 5.69 Å². The number of fused-ring (bicyclic) bond motifs is 1. The van der Waals surface area contributed by atoms with Crippen molar-refractivity contribution >= 4 is 23.1 Å². The molecule has 2 aromatic heterocycles. The molecule has 0 amide bonds. The van der Waals surface area contributed by atoms with Gasteiger partial charge in [0.15, 0.2) is 0 Å². The highest BCUT2D eigenvalue weighted by atomic mass is 32.2. The van der Waals surface area contributed by atoms with Crippen LogP contribution >= 0.6 is 23.1 Å². The third-order valence-corrected chi connectivity index (χ3v) is 6.75. The Morgan fingerprint density at radius 1 is 1.19 bits per heavy atom. The van der Waals surface area contributed by atoms with Crippen molar-refractivity contribution in [1.29, 1.82) is 0 Å². The van der Waals surface area contributed by atoms with E-state index in [2.05, 4.69) is 47.6 Å². The fourth-order valence-electron chi connectivity index (χ4n) is 3.54. The molecule has 0 fully saturated rings. The molecule has 134 valence electrons. The minimum Gasteiger partial charge on any atom is -0.291 e. The van der Waals surface area contributed by atoms with E-state index >= 15 is 0 Å². The van der Waals surface area contributed by atoms with Crippen molar-refractivity contribution in [1.82, 2.24) is 9.55 Å². The van der Waals surface area contributed by atoms with Gasteiger partial charge >= 0.3 is 5.69 Å². The highest BCUT2D eigenvalue weighted by Gasteiger charge is 2.20. The first-order valence-electron chi connectivity index (χ1n) is 9.04. The molecule has 0 bridgehead atoms. The van der Waals surface area contributed by atoms with E-state index < -0.39 is 0 Å². The highest BCUT2D eigenvalue weighted by molar-refractivity contribution is 7.98. The molecule has 1 aliphatic carbocycles. The van der Waals surface area contributed by atoms with Gasteiger partial charge in [0.2, 0.25) is 0 Å². The Bertz CT molecular complexity index is 961. The van der Waals surface area contributed by atoms with Crippen LogP contribution in [-0.4, -0.2) is 9.55 Å². The summed E-state index contributed by atoms with van der Waals surface area (Å²) in [5, 5.41) is 3.00. The van der Waals surface area contributed by atoms with Gasteiger partial charge in [0.1, 0.15) is 5.03 Å². The molecule has 26 heavy (non-hydrogen) atoms. The molecule has 3 aromatic rings. The highest BCUT2D eigenvalue weighted by Crippen LogP contribution is 2.30.